The summed E-state index contributed by atoms with van der Waals surface area (Å²) in [6.07, 6.45) is 5.00. The van der Waals surface area contributed by atoms with Gasteiger partial charge >= 0.3 is 6.16 Å². The Hall–Kier alpha value is -0.780. The summed E-state index contributed by atoms with van der Waals surface area (Å²) in [4.78, 5) is 11.5. The minimum absolute atomic E-state index is 0.0731. The maximum absolute atomic E-state index is 11.5. The fraction of sp³-hybridized carbons (Fsp3) is 0.562. The van der Waals surface area contributed by atoms with Crippen molar-refractivity contribution in [2.75, 3.05) is 0 Å². The van der Waals surface area contributed by atoms with Crippen LogP contribution in [-0.2, 0) is 16.1 Å². The highest BCUT2D eigenvalue weighted by atomic mass is 127. The van der Waals surface area contributed by atoms with Crippen molar-refractivity contribution in [3.63, 3.8) is 0 Å². The van der Waals surface area contributed by atoms with E-state index in [2.05, 4.69) is 29.5 Å². The van der Waals surface area contributed by atoms with E-state index in [-0.39, 0.29) is 12.7 Å². The van der Waals surface area contributed by atoms with Crippen LogP contribution < -0.4 is 0 Å². The topological polar surface area (TPSA) is 35.5 Å². The zero-order valence-corrected chi connectivity index (χ0v) is 14.4. The Morgan fingerprint density at radius 1 is 1.20 bits per heavy atom. The summed E-state index contributed by atoms with van der Waals surface area (Å²) < 4.78 is 11.5. The molecule has 1 aromatic rings. The molecule has 0 aliphatic rings. The van der Waals surface area contributed by atoms with E-state index < -0.39 is 6.16 Å². The van der Waals surface area contributed by atoms with Crippen molar-refractivity contribution in [3.8, 4) is 0 Å². The predicted octanol–water partition coefficient (Wildman–Crippen LogP) is 5.30. The van der Waals surface area contributed by atoms with E-state index in [1.165, 1.54) is 19.3 Å². The van der Waals surface area contributed by atoms with Gasteiger partial charge in [-0.15, -0.1) is 0 Å². The van der Waals surface area contributed by atoms with Crippen LogP contribution in [0.4, 0.5) is 4.79 Å². The summed E-state index contributed by atoms with van der Waals surface area (Å²) in [5.41, 5.74) is 0.970. The van der Waals surface area contributed by atoms with Gasteiger partial charge in [0.05, 0.1) is 0 Å². The number of hydrogen-bond acceptors (Lipinski definition) is 3. The number of rotatable bonds is 8. The van der Waals surface area contributed by atoms with Crippen molar-refractivity contribution in [1.82, 2.24) is 0 Å². The molecule has 112 valence electrons. The fourth-order valence-corrected chi connectivity index (χ4v) is 2.20. The molecule has 1 rings (SSSR count). The van der Waals surface area contributed by atoms with Gasteiger partial charge in [0.1, 0.15) is 12.7 Å². The molecule has 0 saturated heterocycles. The van der Waals surface area contributed by atoms with Gasteiger partial charge in [0.15, 0.2) is 0 Å². The molecule has 0 saturated carbocycles. The number of unbranched alkanes of at least 4 members (excludes halogenated alkanes) is 3. The smallest absolute Gasteiger partial charge is 0.431 e. The van der Waals surface area contributed by atoms with Crippen molar-refractivity contribution < 1.29 is 14.3 Å². The number of halogens is 1. The SMILES string of the molecule is CCCCCC[C@H](C)OC(=O)OCc1ccc(I)cc1. The normalized spacial score (nSPS) is 11.9. The molecule has 4 heteroatoms. The fourth-order valence-electron chi connectivity index (χ4n) is 1.84. The predicted molar refractivity (Wildman–Crippen MR) is 88.7 cm³/mol. The number of ether oxygens (including phenoxy) is 2. The first-order valence-corrected chi connectivity index (χ1v) is 8.27. The van der Waals surface area contributed by atoms with Crippen LogP contribution in [0.5, 0.6) is 0 Å². The van der Waals surface area contributed by atoms with Gasteiger partial charge in [0.2, 0.25) is 0 Å². The quantitative estimate of drug-likeness (QED) is 0.343. The second-order valence-electron chi connectivity index (χ2n) is 4.94. The van der Waals surface area contributed by atoms with Crippen LogP contribution in [0.15, 0.2) is 24.3 Å². The van der Waals surface area contributed by atoms with Crippen molar-refractivity contribution in [2.24, 2.45) is 0 Å². The Labute approximate surface area is 135 Å². The Morgan fingerprint density at radius 3 is 2.55 bits per heavy atom. The van der Waals surface area contributed by atoms with Crippen molar-refractivity contribution in [3.05, 3.63) is 33.4 Å². The van der Waals surface area contributed by atoms with Gasteiger partial charge in [-0.2, -0.15) is 0 Å². The van der Waals surface area contributed by atoms with Crippen LogP contribution in [0.1, 0.15) is 51.5 Å². The molecule has 0 spiro atoms. The Balaban J connectivity index is 2.17. The highest BCUT2D eigenvalue weighted by Crippen LogP contribution is 2.11. The van der Waals surface area contributed by atoms with Gasteiger partial charge in [0.25, 0.3) is 0 Å². The molecule has 0 aromatic heterocycles. The molecule has 0 heterocycles. The lowest BCUT2D eigenvalue weighted by atomic mass is 10.1. The lowest BCUT2D eigenvalue weighted by Gasteiger charge is -2.13. The van der Waals surface area contributed by atoms with Gasteiger partial charge in [-0.3, -0.25) is 0 Å². The monoisotopic (exact) mass is 390 g/mol. The third-order valence-corrected chi connectivity index (χ3v) is 3.75. The van der Waals surface area contributed by atoms with Crippen LogP contribution in [0.25, 0.3) is 0 Å². The van der Waals surface area contributed by atoms with Crippen LogP contribution in [0.3, 0.4) is 0 Å². The van der Waals surface area contributed by atoms with Crippen LogP contribution >= 0.6 is 22.6 Å². The van der Waals surface area contributed by atoms with Crippen molar-refractivity contribution >= 4 is 28.7 Å². The van der Waals surface area contributed by atoms with E-state index in [1.807, 2.05) is 31.2 Å². The molecule has 0 radical (unpaired) electrons. The summed E-state index contributed by atoms with van der Waals surface area (Å²) in [6.45, 7) is 4.36. The largest absolute Gasteiger partial charge is 0.508 e. The third kappa shape index (κ3) is 7.72. The van der Waals surface area contributed by atoms with Gasteiger partial charge in [-0.1, -0.05) is 38.3 Å². The molecule has 20 heavy (non-hydrogen) atoms. The summed E-state index contributed by atoms with van der Waals surface area (Å²) >= 11 is 2.24. The highest BCUT2D eigenvalue weighted by Gasteiger charge is 2.10. The Morgan fingerprint density at radius 2 is 1.90 bits per heavy atom. The van der Waals surface area contributed by atoms with Gasteiger partial charge in [-0.25, -0.2) is 4.79 Å². The van der Waals surface area contributed by atoms with E-state index in [0.29, 0.717) is 0 Å². The second kappa shape index (κ2) is 10.0. The molecular weight excluding hydrogens is 367 g/mol. The van der Waals surface area contributed by atoms with E-state index >= 15 is 0 Å². The van der Waals surface area contributed by atoms with Gasteiger partial charge in [0, 0.05) is 3.57 Å². The molecule has 1 atom stereocenters. The molecular formula is C16H23IO3. The first kappa shape index (κ1) is 17.3. The molecule has 0 aliphatic carbocycles. The van der Waals surface area contributed by atoms with Gasteiger partial charge in [-0.05, 0) is 60.1 Å². The van der Waals surface area contributed by atoms with E-state index in [4.69, 9.17) is 9.47 Å². The summed E-state index contributed by atoms with van der Waals surface area (Å²) in [6, 6.07) is 7.87. The molecule has 0 bridgehead atoms. The lowest BCUT2D eigenvalue weighted by Crippen LogP contribution is -2.16. The van der Waals surface area contributed by atoms with Crippen LogP contribution in [0.2, 0.25) is 0 Å². The van der Waals surface area contributed by atoms with Crippen LogP contribution in [0, 0.1) is 3.57 Å². The summed E-state index contributed by atoms with van der Waals surface area (Å²) in [5, 5.41) is 0. The number of carbonyl (C=O) groups is 1. The van der Waals surface area contributed by atoms with E-state index in [9.17, 15) is 4.79 Å². The number of benzene rings is 1. The first-order chi connectivity index (χ1) is 9.61. The van der Waals surface area contributed by atoms with E-state index in [1.54, 1.807) is 0 Å². The Kier molecular flexibility index (Phi) is 8.65. The average Bonchev–Trinajstić information content (AvgIpc) is 2.43. The van der Waals surface area contributed by atoms with Crippen molar-refractivity contribution in [2.45, 2.75) is 58.7 Å². The Bertz CT molecular complexity index is 389. The molecule has 0 unspecified atom stereocenters. The molecule has 0 fully saturated rings. The standard InChI is InChI=1S/C16H23IO3/c1-3-4-5-6-7-13(2)20-16(18)19-12-14-8-10-15(17)11-9-14/h8-11,13H,3-7,12H2,1-2H3/t13-/m0/s1. The molecule has 0 aliphatic heterocycles. The lowest BCUT2D eigenvalue weighted by molar-refractivity contribution is 0.0215. The van der Waals surface area contributed by atoms with E-state index in [0.717, 1.165) is 22.0 Å². The summed E-state index contributed by atoms with van der Waals surface area (Å²) in [7, 11) is 0. The zero-order chi connectivity index (χ0) is 14.8. The summed E-state index contributed by atoms with van der Waals surface area (Å²) in [5.74, 6) is 0. The molecule has 0 amide bonds. The number of hydrogen-bond donors (Lipinski definition) is 0. The highest BCUT2D eigenvalue weighted by molar-refractivity contribution is 14.1. The zero-order valence-electron chi connectivity index (χ0n) is 12.2. The van der Waals surface area contributed by atoms with Crippen molar-refractivity contribution in [1.29, 1.82) is 0 Å². The third-order valence-electron chi connectivity index (χ3n) is 3.03. The number of carbonyl (C=O) groups excluding carboxylic acids is 1. The van der Waals surface area contributed by atoms with Crippen LogP contribution in [-0.4, -0.2) is 12.3 Å². The molecule has 3 nitrogen and oxygen atoms in total. The molecule has 1 aromatic carbocycles. The minimum atomic E-state index is -0.577. The second-order valence-corrected chi connectivity index (χ2v) is 6.19. The minimum Gasteiger partial charge on any atom is -0.431 e. The maximum atomic E-state index is 11.5. The average molecular weight is 390 g/mol. The first-order valence-electron chi connectivity index (χ1n) is 7.19. The molecule has 0 N–H and O–H groups in total. The van der Waals surface area contributed by atoms with Gasteiger partial charge < -0.3 is 9.47 Å². The maximum Gasteiger partial charge on any atom is 0.508 e.